The molecule has 152 valence electrons. The fourth-order valence-corrected chi connectivity index (χ4v) is 3.96. The number of nitrogens with zero attached hydrogens (tertiary/aromatic N) is 3. The van der Waals surface area contributed by atoms with Crippen LogP contribution in [0.15, 0.2) is 54.7 Å². The van der Waals surface area contributed by atoms with Crippen LogP contribution >= 0.6 is 0 Å². The minimum absolute atomic E-state index is 0.221. The van der Waals surface area contributed by atoms with Gasteiger partial charge in [0, 0.05) is 37.0 Å². The SMILES string of the molecule is COc1ccc(-n2cc(CN3CCC[C@H](CO)C3)c(-c3cccc(F)c3)n2)cc1. The van der Waals surface area contributed by atoms with Crippen molar-refractivity contribution in [3.63, 3.8) is 0 Å². The number of aromatic nitrogens is 2. The highest BCUT2D eigenvalue weighted by Crippen LogP contribution is 2.27. The molecular formula is C23H26FN3O2. The molecule has 1 fully saturated rings. The Hall–Kier alpha value is -2.70. The molecular weight excluding hydrogens is 369 g/mol. The predicted molar refractivity (Wildman–Crippen MR) is 111 cm³/mol. The lowest BCUT2D eigenvalue weighted by Crippen LogP contribution is -2.36. The number of likely N-dealkylation sites (tertiary alicyclic amines) is 1. The Balaban J connectivity index is 1.68. The minimum atomic E-state index is -0.272. The molecule has 5 nitrogen and oxygen atoms in total. The summed E-state index contributed by atoms with van der Waals surface area (Å²) in [5.74, 6) is 0.832. The number of methoxy groups -OCH3 is 1. The summed E-state index contributed by atoms with van der Waals surface area (Å²) in [6, 6.07) is 14.3. The number of benzene rings is 2. The summed E-state index contributed by atoms with van der Waals surface area (Å²) in [6.07, 6.45) is 4.16. The van der Waals surface area contributed by atoms with Gasteiger partial charge < -0.3 is 9.84 Å². The normalized spacial score (nSPS) is 17.4. The first-order valence-electron chi connectivity index (χ1n) is 9.98. The Labute approximate surface area is 170 Å². The Kier molecular flexibility index (Phi) is 5.92. The van der Waals surface area contributed by atoms with E-state index in [1.54, 1.807) is 13.2 Å². The smallest absolute Gasteiger partial charge is 0.123 e. The molecule has 2 aromatic carbocycles. The lowest BCUT2D eigenvalue weighted by molar-refractivity contribution is 0.116. The molecule has 0 saturated carbocycles. The molecule has 1 aliphatic rings. The molecule has 0 unspecified atom stereocenters. The number of aliphatic hydroxyl groups is 1. The van der Waals surface area contributed by atoms with Crippen molar-refractivity contribution in [1.29, 1.82) is 0 Å². The number of piperidine rings is 1. The van der Waals surface area contributed by atoms with Crippen LogP contribution in [0, 0.1) is 11.7 Å². The van der Waals surface area contributed by atoms with E-state index in [-0.39, 0.29) is 12.4 Å². The van der Waals surface area contributed by atoms with Gasteiger partial charge in [0.15, 0.2) is 0 Å². The van der Waals surface area contributed by atoms with Gasteiger partial charge >= 0.3 is 0 Å². The summed E-state index contributed by atoms with van der Waals surface area (Å²) < 4.78 is 20.9. The van der Waals surface area contributed by atoms with Gasteiger partial charge in [0.05, 0.1) is 18.5 Å². The first-order chi connectivity index (χ1) is 14.2. The van der Waals surface area contributed by atoms with Crippen molar-refractivity contribution in [2.24, 2.45) is 5.92 Å². The van der Waals surface area contributed by atoms with Gasteiger partial charge in [-0.05, 0) is 61.7 Å². The highest BCUT2D eigenvalue weighted by molar-refractivity contribution is 5.63. The van der Waals surface area contributed by atoms with Gasteiger partial charge in [0.25, 0.3) is 0 Å². The molecule has 2 heterocycles. The van der Waals surface area contributed by atoms with Crippen LogP contribution in [0.25, 0.3) is 16.9 Å². The number of aliphatic hydroxyl groups excluding tert-OH is 1. The van der Waals surface area contributed by atoms with Crippen molar-refractivity contribution < 1.29 is 14.2 Å². The fraction of sp³-hybridized carbons (Fsp3) is 0.348. The second-order valence-electron chi connectivity index (χ2n) is 7.58. The van der Waals surface area contributed by atoms with Crippen LogP contribution in [0.2, 0.25) is 0 Å². The highest BCUT2D eigenvalue weighted by Gasteiger charge is 2.22. The van der Waals surface area contributed by atoms with Crippen LogP contribution in [0.3, 0.4) is 0 Å². The van der Waals surface area contributed by atoms with E-state index in [9.17, 15) is 9.50 Å². The van der Waals surface area contributed by atoms with E-state index in [0.717, 1.165) is 60.7 Å². The van der Waals surface area contributed by atoms with Crippen molar-refractivity contribution in [3.05, 3.63) is 66.1 Å². The van der Waals surface area contributed by atoms with E-state index in [1.807, 2.05) is 41.2 Å². The van der Waals surface area contributed by atoms with Crippen molar-refractivity contribution in [2.75, 3.05) is 26.8 Å². The van der Waals surface area contributed by atoms with E-state index < -0.39 is 0 Å². The first kappa shape index (κ1) is 19.6. The molecule has 0 amide bonds. The van der Waals surface area contributed by atoms with Crippen molar-refractivity contribution >= 4 is 0 Å². The van der Waals surface area contributed by atoms with Crippen LogP contribution in [-0.2, 0) is 6.54 Å². The molecule has 1 N–H and O–H groups in total. The molecule has 1 aliphatic heterocycles. The number of rotatable bonds is 6. The van der Waals surface area contributed by atoms with E-state index in [0.29, 0.717) is 5.92 Å². The van der Waals surface area contributed by atoms with Crippen molar-refractivity contribution in [1.82, 2.24) is 14.7 Å². The number of ether oxygens (including phenoxy) is 1. The van der Waals surface area contributed by atoms with E-state index >= 15 is 0 Å². The van der Waals surface area contributed by atoms with Crippen LogP contribution in [0.4, 0.5) is 4.39 Å². The standard InChI is InChI=1S/C23H26FN3O2/c1-29-22-9-7-21(8-10-22)27-15-19(14-26-11-3-4-17(13-26)16-28)23(25-27)18-5-2-6-20(24)12-18/h2,5-10,12,15,17,28H,3-4,11,13-14,16H2,1H3/t17-/m0/s1. The molecule has 0 spiro atoms. The fourth-order valence-electron chi connectivity index (χ4n) is 3.96. The third-order valence-electron chi connectivity index (χ3n) is 5.48. The largest absolute Gasteiger partial charge is 0.497 e. The summed E-state index contributed by atoms with van der Waals surface area (Å²) in [5, 5.41) is 14.3. The molecule has 0 bridgehead atoms. The third-order valence-corrected chi connectivity index (χ3v) is 5.48. The molecule has 0 radical (unpaired) electrons. The zero-order valence-electron chi connectivity index (χ0n) is 16.6. The van der Waals surface area contributed by atoms with Crippen molar-refractivity contribution in [3.8, 4) is 22.7 Å². The summed E-state index contributed by atoms with van der Waals surface area (Å²) in [7, 11) is 1.64. The van der Waals surface area contributed by atoms with Gasteiger partial charge in [-0.15, -0.1) is 0 Å². The maximum atomic E-state index is 13.9. The Morgan fingerprint density at radius 2 is 2.03 bits per heavy atom. The van der Waals surface area contributed by atoms with Gasteiger partial charge in [0.2, 0.25) is 0 Å². The lowest BCUT2D eigenvalue weighted by Gasteiger charge is -2.31. The maximum Gasteiger partial charge on any atom is 0.123 e. The second kappa shape index (κ2) is 8.76. The molecule has 3 aromatic rings. The van der Waals surface area contributed by atoms with E-state index in [4.69, 9.17) is 9.84 Å². The van der Waals surface area contributed by atoms with Crippen LogP contribution < -0.4 is 4.74 Å². The molecule has 1 atom stereocenters. The lowest BCUT2D eigenvalue weighted by atomic mass is 9.98. The summed E-state index contributed by atoms with van der Waals surface area (Å²) in [4.78, 5) is 2.35. The monoisotopic (exact) mass is 395 g/mol. The average molecular weight is 395 g/mol. The van der Waals surface area contributed by atoms with Gasteiger partial charge in [-0.2, -0.15) is 5.10 Å². The Morgan fingerprint density at radius 3 is 2.76 bits per heavy atom. The average Bonchev–Trinajstić information content (AvgIpc) is 3.17. The Morgan fingerprint density at radius 1 is 1.21 bits per heavy atom. The van der Waals surface area contributed by atoms with Gasteiger partial charge in [-0.3, -0.25) is 4.90 Å². The zero-order valence-corrected chi connectivity index (χ0v) is 16.6. The van der Waals surface area contributed by atoms with E-state index in [2.05, 4.69) is 4.90 Å². The second-order valence-corrected chi connectivity index (χ2v) is 7.58. The number of hydrogen-bond acceptors (Lipinski definition) is 4. The Bertz CT molecular complexity index is 955. The summed E-state index contributed by atoms with van der Waals surface area (Å²) >= 11 is 0. The van der Waals surface area contributed by atoms with E-state index in [1.165, 1.54) is 12.1 Å². The molecule has 4 rings (SSSR count). The van der Waals surface area contributed by atoms with Gasteiger partial charge in [-0.1, -0.05) is 12.1 Å². The zero-order chi connectivity index (χ0) is 20.2. The molecule has 1 aromatic heterocycles. The third kappa shape index (κ3) is 4.49. The van der Waals surface area contributed by atoms with Crippen molar-refractivity contribution in [2.45, 2.75) is 19.4 Å². The highest BCUT2D eigenvalue weighted by atomic mass is 19.1. The first-order valence-corrected chi connectivity index (χ1v) is 9.98. The molecule has 29 heavy (non-hydrogen) atoms. The van der Waals surface area contributed by atoms with Gasteiger partial charge in [-0.25, -0.2) is 9.07 Å². The van der Waals surface area contributed by atoms with Crippen LogP contribution in [0.5, 0.6) is 5.75 Å². The quantitative estimate of drug-likeness (QED) is 0.688. The summed E-state index contributed by atoms with van der Waals surface area (Å²) in [6.45, 7) is 2.80. The maximum absolute atomic E-state index is 13.9. The minimum Gasteiger partial charge on any atom is -0.497 e. The number of halogens is 1. The molecule has 1 saturated heterocycles. The van der Waals surface area contributed by atoms with Crippen LogP contribution in [-0.4, -0.2) is 46.6 Å². The molecule has 0 aliphatic carbocycles. The molecule has 6 heteroatoms. The van der Waals surface area contributed by atoms with Gasteiger partial charge in [0.1, 0.15) is 11.6 Å². The number of hydrogen-bond donors (Lipinski definition) is 1. The topological polar surface area (TPSA) is 50.5 Å². The predicted octanol–water partition coefficient (Wildman–Crippen LogP) is 3.89. The van der Waals surface area contributed by atoms with Crippen LogP contribution in [0.1, 0.15) is 18.4 Å². The summed E-state index contributed by atoms with van der Waals surface area (Å²) in [5.41, 5.74) is 3.51.